The lowest BCUT2D eigenvalue weighted by Crippen LogP contribution is -2.44. The summed E-state index contributed by atoms with van der Waals surface area (Å²) in [5, 5.41) is 3.06. The van der Waals surface area contributed by atoms with Crippen LogP contribution in [0.4, 0.5) is 24.8 Å². The Labute approximate surface area is 103 Å². The zero-order valence-electron chi connectivity index (χ0n) is 10.0. The fourth-order valence-corrected chi connectivity index (χ4v) is 2.10. The van der Waals surface area contributed by atoms with E-state index in [9.17, 15) is 13.2 Å². The molecular weight excluding hydrogens is 245 g/mol. The summed E-state index contributed by atoms with van der Waals surface area (Å²) in [5.41, 5.74) is 5.25. The number of anilines is 2. The molecule has 0 radical (unpaired) electrons. The molecule has 3 N–H and O–H groups in total. The zero-order valence-corrected chi connectivity index (χ0v) is 10.0. The van der Waals surface area contributed by atoms with Crippen LogP contribution in [0.3, 0.4) is 0 Å². The molecule has 0 amide bonds. The van der Waals surface area contributed by atoms with E-state index < -0.39 is 12.0 Å². The maximum absolute atomic E-state index is 12.6. The molecule has 0 bridgehead atoms. The molecule has 1 aromatic heterocycles. The highest BCUT2D eigenvalue weighted by Crippen LogP contribution is 2.38. The van der Waals surface area contributed by atoms with Gasteiger partial charge in [0.25, 0.3) is 0 Å². The standard InChI is InChI=1S/C11H15F3N4/c1-2-10(4-3-5-10)18-8-6-7(15)16-9(17-8)11(12,13)14/h6H,2-5H2,1H3,(H3,15,16,17,18). The molecule has 0 saturated heterocycles. The van der Waals surface area contributed by atoms with E-state index in [1.807, 2.05) is 6.92 Å². The van der Waals surface area contributed by atoms with Gasteiger partial charge in [-0.05, 0) is 25.7 Å². The van der Waals surface area contributed by atoms with Crippen molar-refractivity contribution in [3.63, 3.8) is 0 Å². The number of halogens is 3. The molecule has 0 unspecified atom stereocenters. The minimum absolute atomic E-state index is 0.135. The fraction of sp³-hybridized carbons (Fsp3) is 0.636. The lowest BCUT2D eigenvalue weighted by Gasteiger charge is -2.42. The normalized spacial score (nSPS) is 18.2. The van der Waals surface area contributed by atoms with E-state index in [2.05, 4.69) is 15.3 Å². The van der Waals surface area contributed by atoms with Gasteiger partial charge in [-0.15, -0.1) is 0 Å². The molecule has 1 aromatic rings. The van der Waals surface area contributed by atoms with E-state index in [0.29, 0.717) is 0 Å². The van der Waals surface area contributed by atoms with Gasteiger partial charge in [0.2, 0.25) is 5.82 Å². The molecule has 18 heavy (non-hydrogen) atoms. The molecule has 0 aromatic carbocycles. The Morgan fingerprint density at radius 3 is 2.50 bits per heavy atom. The summed E-state index contributed by atoms with van der Waals surface area (Å²) in [6.07, 6.45) is -0.778. The summed E-state index contributed by atoms with van der Waals surface area (Å²) in [4.78, 5) is 6.70. The van der Waals surface area contributed by atoms with Crippen molar-refractivity contribution in [2.45, 2.75) is 44.3 Å². The summed E-state index contributed by atoms with van der Waals surface area (Å²) >= 11 is 0. The van der Waals surface area contributed by atoms with Crippen LogP contribution in [0.5, 0.6) is 0 Å². The first-order chi connectivity index (χ1) is 8.35. The number of alkyl halides is 3. The van der Waals surface area contributed by atoms with Gasteiger partial charge in [0, 0.05) is 11.6 Å². The second-order valence-corrected chi connectivity index (χ2v) is 4.61. The number of nitrogen functional groups attached to an aromatic ring is 1. The number of nitrogens with zero attached hydrogens (tertiary/aromatic N) is 2. The lowest BCUT2D eigenvalue weighted by atomic mass is 9.75. The SMILES string of the molecule is CCC1(Nc2cc(N)nc(C(F)(F)F)n2)CCC1. The lowest BCUT2D eigenvalue weighted by molar-refractivity contribution is -0.144. The third-order valence-electron chi connectivity index (χ3n) is 3.38. The zero-order chi connectivity index (χ0) is 13.4. The van der Waals surface area contributed by atoms with Crippen LogP contribution in [0.25, 0.3) is 0 Å². The highest BCUT2D eigenvalue weighted by atomic mass is 19.4. The van der Waals surface area contributed by atoms with E-state index >= 15 is 0 Å². The minimum atomic E-state index is -4.58. The summed E-state index contributed by atoms with van der Waals surface area (Å²) in [5.74, 6) is -1.22. The highest BCUT2D eigenvalue weighted by Gasteiger charge is 2.38. The van der Waals surface area contributed by atoms with Crippen molar-refractivity contribution in [1.82, 2.24) is 9.97 Å². The van der Waals surface area contributed by atoms with Gasteiger partial charge in [-0.2, -0.15) is 13.2 Å². The molecular formula is C11H15F3N4. The Balaban J connectivity index is 2.26. The van der Waals surface area contributed by atoms with Crippen molar-refractivity contribution in [3.8, 4) is 0 Å². The molecule has 1 heterocycles. The second-order valence-electron chi connectivity index (χ2n) is 4.61. The summed E-state index contributed by atoms with van der Waals surface area (Å²) < 4.78 is 37.7. The smallest absolute Gasteiger partial charge is 0.384 e. The first-order valence-electron chi connectivity index (χ1n) is 5.85. The second kappa shape index (κ2) is 4.29. The first-order valence-corrected chi connectivity index (χ1v) is 5.85. The molecule has 7 heteroatoms. The van der Waals surface area contributed by atoms with Gasteiger partial charge in [0.15, 0.2) is 0 Å². The predicted octanol–water partition coefficient (Wildman–Crippen LogP) is 2.82. The van der Waals surface area contributed by atoms with E-state index in [1.54, 1.807) is 0 Å². The molecule has 0 atom stereocenters. The van der Waals surface area contributed by atoms with Gasteiger partial charge < -0.3 is 11.1 Å². The van der Waals surface area contributed by atoms with Crippen LogP contribution in [0, 0.1) is 0 Å². The van der Waals surface area contributed by atoms with Crippen LogP contribution in [0.15, 0.2) is 6.07 Å². The maximum atomic E-state index is 12.6. The molecule has 1 aliphatic carbocycles. The number of hydrogen-bond donors (Lipinski definition) is 2. The van der Waals surface area contributed by atoms with Crippen molar-refractivity contribution >= 4 is 11.6 Å². The number of aromatic nitrogens is 2. The Bertz CT molecular complexity index is 435. The Hall–Kier alpha value is -1.53. The topological polar surface area (TPSA) is 63.8 Å². The maximum Gasteiger partial charge on any atom is 0.451 e. The molecule has 100 valence electrons. The first kappa shape index (κ1) is 12.9. The van der Waals surface area contributed by atoms with Crippen molar-refractivity contribution in [2.75, 3.05) is 11.1 Å². The van der Waals surface area contributed by atoms with Gasteiger partial charge in [-0.1, -0.05) is 6.92 Å². The van der Waals surface area contributed by atoms with E-state index in [0.717, 1.165) is 25.7 Å². The summed E-state index contributed by atoms with van der Waals surface area (Å²) in [7, 11) is 0. The van der Waals surface area contributed by atoms with E-state index in [-0.39, 0.29) is 17.2 Å². The Kier molecular flexibility index (Phi) is 3.08. The number of nitrogens with two attached hydrogens (primary N) is 1. The average Bonchev–Trinajstić information content (AvgIpc) is 2.21. The molecule has 0 aliphatic heterocycles. The number of rotatable bonds is 3. The molecule has 0 spiro atoms. The summed E-state index contributed by atoms with van der Waals surface area (Å²) in [6.45, 7) is 2.00. The van der Waals surface area contributed by atoms with Gasteiger partial charge in [-0.3, -0.25) is 0 Å². The van der Waals surface area contributed by atoms with Gasteiger partial charge in [0.1, 0.15) is 11.6 Å². The van der Waals surface area contributed by atoms with Crippen LogP contribution >= 0.6 is 0 Å². The van der Waals surface area contributed by atoms with Crippen LogP contribution < -0.4 is 11.1 Å². The molecule has 2 rings (SSSR count). The largest absolute Gasteiger partial charge is 0.451 e. The molecule has 1 aliphatic rings. The van der Waals surface area contributed by atoms with Gasteiger partial charge in [0.05, 0.1) is 0 Å². The molecule has 1 saturated carbocycles. The van der Waals surface area contributed by atoms with Gasteiger partial charge in [-0.25, -0.2) is 9.97 Å². The van der Waals surface area contributed by atoms with Crippen LogP contribution in [0.2, 0.25) is 0 Å². The quantitative estimate of drug-likeness (QED) is 0.877. The van der Waals surface area contributed by atoms with Gasteiger partial charge >= 0.3 is 6.18 Å². The molecule has 4 nitrogen and oxygen atoms in total. The third kappa shape index (κ3) is 2.49. The monoisotopic (exact) mass is 260 g/mol. The molecule has 1 fully saturated rings. The van der Waals surface area contributed by atoms with Crippen molar-refractivity contribution in [3.05, 3.63) is 11.9 Å². The van der Waals surface area contributed by atoms with Crippen LogP contribution in [0.1, 0.15) is 38.4 Å². The van der Waals surface area contributed by atoms with E-state index in [4.69, 9.17) is 5.73 Å². The van der Waals surface area contributed by atoms with Crippen LogP contribution in [-0.4, -0.2) is 15.5 Å². The number of nitrogens with one attached hydrogen (secondary N) is 1. The summed E-state index contributed by atoms with van der Waals surface area (Å²) in [6, 6.07) is 1.34. The van der Waals surface area contributed by atoms with Crippen molar-refractivity contribution < 1.29 is 13.2 Å². The Morgan fingerprint density at radius 2 is 2.06 bits per heavy atom. The van der Waals surface area contributed by atoms with Crippen LogP contribution in [-0.2, 0) is 6.18 Å². The average molecular weight is 260 g/mol. The van der Waals surface area contributed by atoms with Crippen molar-refractivity contribution in [1.29, 1.82) is 0 Å². The Morgan fingerprint density at radius 1 is 1.39 bits per heavy atom. The predicted molar refractivity (Wildman–Crippen MR) is 61.9 cm³/mol. The van der Waals surface area contributed by atoms with Crippen molar-refractivity contribution in [2.24, 2.45) is 0 Å². The van der Waals surface area contributed by atoms with E-state index in [1.165, 1.54) is 6.07 Å². The fourth-order valence-electron chi connectivity index (χ4n) is 2.10. The minimum Gasteiger partial charge on any atom is -0.384 e. The third-order valence-corrected chi connectivity index (χ3v) is 3.38. The highest BCUT2D eigenvalue weighted by molar-refractivity contribution is 5.47. The number of hydrogen-bond acceptors (Lipinski definition) is 4.